The fraction of sp³-hybridized carbons (Fsp3) is 0.235. The van der Waals surface area contributed by atoms with Crippen molar-refractivity contribution in [2.75, 3.05) is 6.61 Å². The highest BCUT2D eigenvalue weighted by Crippen LogP contribution is 2.25. The average Bonchev–Trinajstić information content (AvgIpc) is 2.47. The van der Waals surface area contributed by atoms with Crippen LogP contribution >= 0.6 is 0 Å². The molecule has 2 rings (SSSR count). The summed E-state index contributed by atoms with van der Waals surface area (Å²) in [6.45, 7) is 3.40. The van der Waals surface area contributed by atoms with Crippen molar-refractivity contribution in [2.45, 2.75) is 19.4 Å². The largest absolute Gasteiger partial charge is 0.490 e. The molecule has 0 aliphatic carbocycles. The highest BCUT2D eigenvalue weighted by atomic mass is 16.5. The second kappa shape index (κ2) is 5.97. The highest BCUT2D eigenvalue weighted by Gasteiger charge is 2.24. The number of hydrogen-bond donors (Lipinski definition) is 2. The number of ether oxygens (including phenoxy) is 1. The van der Waals surface area contributed by atoms with Crippen molar-refractivity contribution in [1.82, 2.24) is 0 Å². The molecule has 0 spiro atoms. The second-order valence-electron chi connectivity index (χ2n) is 5.16. The monoisotopic (exact) mass is 286 g/mol. The third kappa shape index (κ3) is 3.41. The topological polar surface area (TPSA) is 66.8 Å². The summed E-state index contributed by atoms with van der Waals surface area (Å²) in [5.41, 5.74) is 0.352. The predicted octanol–water partition coefficient (Wildman–Crippen LogP) is 2.98. The summed E-state index contributed by atoms with van der Waals surface area (Å²) >= 11 is 0. The van der Waals surface area contributed by atoms with Crippen LogP contribution in [0.25, 0.3) is 0 Å². The van der Waals surface area contributed by atoms with E-state index in [4.69, 9.17) is 9.84 Å². The third-order valence-corrected chi connectivity index (χ3v) is 3.42. The van der Waals surface area contributed by atoms with Crippen molar-refractivity contribution in [3.8, 4) is 5.75 Å². The number of carboxylic acids is 1. The van der Waals surface area contributed by atoms with E-state index in [-0.39, 0.29) is 12.2 Å². The van der Waals surface area contributed by atoms with E-state index in [1.165, 1.54) is 6.07 Å². The zero-order valence-electron chi connectivity index (χ0n) is 12.0. The molecule has 0 aliphatic heterocycles. The Morgan fingerprint density at radius 1 is 1.14 bits per heavy atom. The lowest BCUT2D eigenvalue weighted by Gasteiger charge is -2.24. The van der Waals surface area contributed by atoms with Gasteiger partial charge < -0.3 is 14.9 Å². The van der Waals surface area contributed by atoms with E-state index in [9.17, 15) is 9.90 Å². The zero-order chi connectivity index (χ0) is 15.5. The molecule has 0 fully saturated rings. The van der Waals surface area contributed by atoms with Crippen molar-refractivity contribution in [3.05, 3.63) is 65.2 Å². The Bertz CT molecular complexity index is 632. The van der Waals surface area contributed by atoms with E-state index < -0.39 is 11.6 Å². The van der Waals surface area contributed by atoms with Crippen LogP contribution < -0.4 is 4.74 Å². The summed E-state index contributed by atoms with van der Waals surface area (Å²) in [5, 5.41) is 19.6. The predicted molar refractivity (Wildman–Crippen MR) is 79.6 cm³/mol. The first kappa shape index (κ1) is 15.1. The molecule has 0 bridgehead atoms. The highest BCUT2D eigenvalue weighted by molar-refractivity contribution is 5.90. The molecule has 0 aliphatic rings. The van der Waals surface area contributed by atoms with E-state index in [0.717, 1.165) is 5.56 Å². The maximum atomic E-state index is 11.1. The fourth-order valence-electron chi connectivity index (χ4n) is 2.10. The van der Waals surface area contributed by atoms with Gasteiger partial charge in [-0.25, -0.2) is 4.79 Å². The molecule has 1 atom stereocenters. The standard InChI is InChI=1S/C17H18O4/c1-12-14(16(18)19)9-6-10-15(12)21-11-17(2,20)13-7-4-3-5-8-13/h3-10,20H,11H2,1-2H3,(H,18,19). The minimum Gasteiger partial charge on any atom is -0.490 e. The van der Waals surface area contributed by atoms with Crippen LogP contribution in [0, 0.1) is 6.92 Å². The number of aromatic carboxylic acids is 1. The van der Waals surface area contributed by atoms with Crippen LogP contribution in [-0.2, 0) is 5.60 Å². The van der Waals surface area contributed by atoms with Gasteiger partial charge in [-0.15, -0.1) is 0 Å². The van der Waals surface area contributed by atoms with Gasteiger partial charge in [-0.2, -0.15) is 0 Å². The molecule has 2 aromatic rings. The molecule has 0 saturated heterocycles. The first-order chi connectivity index (χ1) is 9.92. The molecule has 2 aromatic carbocycles. The minimum atomic E-state index is -1.15. The lowest BCUT2D eigenvalue weighted by molar-refractivity contribution is 0.00737. The van der Waals surface area contributed by atoms with Gasteiger partial charge in [-0.1, -0.05) is 36.4 Å². The molecule has 21 heavy (non-hydrogen) atoms. The van der Waals surface area contributed by atoms with Gasteiger partial charge in [-0.3, -0.25) is 0 Å². The van der Waals surface area contributed by atoms with Gasteiger partial charge in [0.05, 0.1) is 5.56 Å². The van der Waals surface area contributed by atoms with Crippen LogP contribution in [-0.4, -0.2) is 22.8 Å². The molecule has 0 radical (unpaired) electrons. The molecule has 4 heteroatoms. The molecule has 0 amide bonds. The number of benzene rings is 2. The summed E-state index contributed by atoms with van der Waals surface area (Å²) in [4.78, 5) is 11.1. The van der Waals surface area contributed by atoms with Crippen LogP contribution in [0.15, 0.2) is 48.5 Å². The van der Waals surface area contributed by atoms with Gasteiger partial charge in [0.2, 0.25) is 0 Å². The number of hydrogen-bond acceptors (Lipinski definition) is 3. The first-order valence-corrected chi connectivity index (χ1v) is 6.65. The summed E-state index contributed by atoms with van der Waals surface area (Å²) in [5.74, 6) is -0.529. The molecular formula is C17H18O4. The lowest BCUT2D eigenvalue weighted by atomic mass is 9.97. The van der Waals surface area contributed by atoms with Gasteiger partial charge >= 0.3 is 5.97 Å². The van der Waals surface area contributed by atoms with Crippen LogP contribution in [0.1, 0.15) is 28.4 Å². The first-order valence-electron chi connectivity index (χ1n) is 6.65. The molecule has 2 N–H and O–H groups in total. The van der Waals surface area contributed by atoms with Gasteiger partial charge in [0.15, 0.2) is 0 Å². The Labute approximate surface area is 123 Å². The van der Waals surface area contributed by atoms with Gasteiger partial charge in [0.25, 0.3) is 0 Å². The number of carbonyl (C=O) groups is 1. The maximum absolute atomic E-state index is 11.1. The lowest BCUT2D eigenvalue weighted by Crippen LogP contribution is -2.29. The maximum Gasteiger partial charge on any atom is 0.336 e. The van der Waals surface area contributed by atoms with Crippen molar-refractivity contribution < 1.29 is 19.7 Å². The Kier molecular flexibility index (Phi) is 4.29. The Morgan fingerprint density at radius 3 is 2.43 bits per heavy atom. The molecule has 4 nitrogen and oxygen atoms in total. The minimum absolute atomic E-state index is 0.0426. The summed E-state index contributed by atoms with van der Waals surface area (Å²) in [6, 6.07) is 14.1. The number of rotatable bonds is 5. The molecule has 110 valence electrons. The molecule has 0 aromatic heterocycles. The van der Waals surface area contributed by atoms with E-state index in [1.807, 2.05) is 30.3 Å². The summed E-state index contributed by atoms with van der Waals surface area (Å²) < 4.78 is 5.63. The van der Waals surface area contributed by atoms with Crippen molar-refractivity contribution in [2.24, 2.45) is 0 Å². The smallest absolute Gasteiger partial charge is 0.336 e. The van der Waals surface area contributed by atoms with Crippen molar-refractivity contribution in [3.63, 3.8) is 0 Å². The molecule has 0 heterocycles. The van der Waals surface area contributed by atoms with E-state index in [1.54, 1.807) is 26.0 Å². The van der Waals surface area contributed by atoms with Gasteiger partial charge in [-0.05, 0) is 31.5 Å². The zero-order valence-corrected chi connectivity index (χ0v) is 12.0. The third-order valence-electron chi connectivity index (χ3n) is 3.42. The molecule has 0 saturated carbocycles. The van der Waals surface area contributed by atoms with Crippen LogP contribution in [0.4, 0.5) is 0 Å². The molecular weight excluding hydrogens is 268 g/mol. The van der Waals surface area contributed by atoms with Gasteiger partial charge in [0, 0.05) is 5.56 Å². The van der Waals surface area contributed by atoms with Crippen molar-refractivity contribution >= 4 is 5.97 Å². The van der Waals surface area contributed by atoms with E-state index in [0.29, 0.717) is 11.3 Å². The van der Waals surface area contributed by atoms with E-state index in [2.05, 4.69) is 0 Å². The fourth-order valence-corrected chi connectivity index (χ4v) is 2.10. The number of carboxylic acid groups (broad SMARTS) is 1. The SMILES string of the molecule is Cc1c(OCC(C)(O)c2ccccc2)cccc1C(=O)O. The van der Waals surface area contributed by atoms with Crippen LogP contribution in [0.2, 0.25) is 0 Å². The van der Waals surface area contributed by atoms with Crippen LogP contribution in [0.3, 0.4) is 0 Å². The Hall–Kier alpha value is -2.33. The molecule has 1 unspecified atom stereocenters. The van der Waals surface area contributed by atoms with Gasteiger partial charge in [0.1, 0.15) is 18.0 Å². The van der Waals surface area contributed by atoms with Crippen LogP contribution in [0.5, 0.6) is 5.75 Å². The van der Waals surface area contributed by atoms with E-state index >= 15 is 0 Å². The Morgan fingerprint density at radius 2 is 1.81 bits per heavy atom. The number of aliphatic hydroxyl groups is 1. The second-order valence-corrected chi connectivity index (χ2v) is 5.16. The van der Waals surface area contributed by atoms with Crippen molar-refractivity contribution in [1.29, 1.82) is 0 Å². The normalized spacial score (nSPS) is 13.5. The summed E-state index contributed by atoms with van der Waals surface area (Å²) in [6.07, 6.45) is 0. The average molecular weight is 286 g/mol. The Balaban J connectivity index is 2.17. The summed E-state index contributed by atoms with van der Waals surface area (Å²) in [7, 11) is 0. The quantitative estimate of drug-likeness (QED) is 0.886.